The van der Waals surface area contributed by atoms with E-state index < -0.39 is 0 Å². The first-order chi connectivity index (χ1) is 13.5. The fourth-order valence-electron chi connectivity index (χ4n) is 2.74. The van der Waals surface area contributed by atoms with Crippen LogP contribution in [-0.4, -0.2) is 49.0 Å². The Labute approximate surface area is 165 Å². The Morgan fingerprint density at radius 2 is 1.86 bits per heavy atom. The first kappa shape index (κ1) is 21.2. The van der Waals surface area contributed by atoms with E-state index in [4.69, 9.17) is 9.47 Å². The zero-order valence-corrected chi connectivity index (χ0v) is 16.6. The first-order valence-corrected chi connectivity index (χ1v) is 9.16. The number of methoxy groups -OCH3 is 2. The fourth-order valence-corrected chi connectivity index (χ4v) is 2.74. The zero-order valence-electron chi connectivity index (χ0n) is 16.6. The Bertz CT molecular complexity index is 780. The molecule has 0 aliphatic carbocycles. The van der Waals surface area contributed by atoms with Crippen molar-refractivity contribution in [2.45, 2.75) is 26.3 Å². The van der Waals surface area contributed by atoms with Crippen molar-refractivity contribution in [1.82, 2.24) is 15.2 Å². The highest BCUT2D eigenvalue weighted by molar-refractivity contribution is 5.78. The van der Waals surface area contributed by atoms with Crippen molar-refractivity contribution in [3.05, 3.63) is 53.9 Å². The highest BCUT2D eigenvalue weighted by Crippen LogP contribution is 2.27. The third kappa shape index (κ3) is 6.57. The summed E-state index contributed by atoms with van der Waals surface area (Å²) in [4.78, 5) is 29.8. The van der Waals surface area contributed by atoms with E-state index in [9.17, 15) is 9.59 Å². The molecule has 150 valence electrons. The number of benzene rings is 1. The predicted molar refractivity (Wildman–Crippen MR) is 106 cm³/mol. The summed E-state index contributed by atoms with van der Waals surface area (Å²) in [7, 11) is 3.18. The topological polar surface area (TPSA) is 80.8 Å². The number of hydrogen-bond donors (Lipinski definition) is 1. The molecule has 1 aromatic heterocycles. The average molecular weight is 385 g/mol. The van der Waals surface area contributed by atoms with Crippen molar-refractivity contribution in [2.24, 2.45) is 0 Å². The summed E-state index contributed by atoms with van der Waals surface area (Å²) in [5, 5.41) is 2.82. The van der Waals surface area contributed by atoms with Gasteiger partial charge in [0.1, 0.15) is 0 Å². The van der Waals surface area contributed by atoms with Gasteiger partial charge in [-0.1, -0.05) is 12.1 Å². The maximum atomic E-state index is 12.1. The quantitative estimate of drug-likeness (QED) is 0.678. The Morgan fingerprint density at radius 3 is 2.50 bits per heavy atom. The second-order valence-corrected chi connectivity index (χ2v) is 6.29. The number of carbonyl (C=O) groups is 2. The molecule has 1 aromatic carbocycles. The molecule has 1 N–H and O–H groups in total. The van der Waals surface area contributed by atoms with Crippen LogP contribution in [0.4, 0.5) is 0 Å². The molecule has 2 rings (SSSR count). The van der Waals surface area contributed by atoms with Crippen LogP contribution in [0.5, 0.6) is 11.5 Å². The summed E-state index contributed by atoms with van der Waals surface area (Å²) in [6, 6.07) is 11.2. The number of nitrogens with one attached hydrogen (secondary N) is 1. The molecular formula is C21H27N3O4. The van der Waals surface area contributed by atoms with Crippen LogP contribution in [0, 0.1) is 0 Å². The van der Waals surface area contributed by atoms with Crippen LogP contribution < -0.4 is 14.8 Å². The molecule has 0 spiro atoms. The van der Waals surface area contributed by atoms with E-state index in [1.54, 1.807) is 25.3 Å². The van der Waals surface area contributed by atoms with Gasteiger partial charge in [-0.05, 0) is 36.2 Å². The van der Waals surface area contributed by atoms with Crippen LogP contribution in [0.25, 0.3) is 0 Å². The van der Waals surface area contributed by atoms with E-state index in [1.807, 2.05) is 36.4 Å². The molecule has 0 fully saturated rings. The van der Waals surface area contributed by atoms with E-state index in [0.29, 0.717) is 37.6 Å². The SMILES string of the molecule is COc1ccc(CCN(CCC(=O)NCc2ccccn2)C(C)=O)cc1OC. The van der Waals surface area contributed by atoms with Crippen LogP contribution in [-0.2, 0) is 22.6 Å². The van der Waals surface area contributed by atoms with Gasteiger partial charge in [0.15, 0.2) is 11.5 Å². The molecule has 1 heterocycles. The second-order valence-electron chi connectivity index (χ2n) is 6.29. The van der Waals surface area contributed by atoms with Crippen molar-refractivity contribution < 1.29 is 19.1 Å². The third-order valence-electron chi connectivity index (χ3n) is 4.37. The number of pyridine rings is 1. The van der Waals surface area contributed by atoms with Crippen molar-refractivity contribution in [2.75, 3.05) is 27.3 Å². The summed E-state index contributed by atoms with van der Waals surface area (Å²) < 4.78 is 10.5. The molecular weight excluding hydrogens is 358 g/mol. The number of amides is 2. The van der Waals surface area contributed by atoms with E-state index in [1.165, 1.54) is 6.92 Å². The standard InChI is InChI=1S/C21H27N3O4/c1-16(25)24(12-9-17-7-8-19(27-2)20(14-17)28-3)13-10-21(26)23-15-18-6-4-5-11-22-18/h4-8,11,14H,9-10,12-13,15H2,1-3H3,(H,23,26). The van der Waals surface area contributed by atoms with Gasteiger partial charge in [0.25, 0.3) is 0 Å². The number of rotatable bonds is 10. The van der Waals surface area contributed by atoms with Gasteiger partial charge in [0.05, 0.1) is 26.5 Å². The van der Waals surface area contributed by atoms with Crippen molar-refractivity contribution in [3.63, 3.8) is 0 Å². The number of aromatic nitrogens is 1. The average Bonchev–Trinajstić information content (AvgIpc) is 2.72. The van der Waals surface area contributed by atoms with E-state index in [0.717, 1.165) is 11.3 Å². The minimum atomic E-state index is -0.108. The normalized spacial score (nSPS) is 10.2. The minimum Gasteiger partial charge on any atom is -0.493 e. The summed E-state index contributed by atoms with van der Waals surface area (Å²) in [5.41, 5.74) is 1.83. The van der Waals surface area contributed by atoms with Crippen LogP contribution >= 0.6 is 0 Å². The summed E-state index contributed by atoms with van der Waals surface area (Å²) >= 11 is 0. The monoisotopic (exact) mass is 385 g/mol. The Morgan fingerprint density at radius 1 is 1.07 bits per heavy atom. The molecule has 0 unspecified atom stereocenters. The summed E-state index contributed by atoms with van der Waals surface area (Å²) in [6.45, 7) is 2.79. The molecule has 0 aliphatic heterocycles. The lowest BCUT2D eigenvalue weighted by molar-refractivity contribution is -0.129. The maximum absolute atomic E-state index is 12.1. The van der Waals surface area contributed by atoms with E-state index in [2.05, 4.69) is 10.3 Å². The number of nitrogens with zero attached hydrogens (tertiary/aromatic N) is 2. The van der Waals surface area contributed by atoms with E-state index >= 15 is 0 Å². The lowest BCUT2D eigenvalue weighted by Crippen LogP contribution is -2.35. The molecule has 0 radical (unpaired) electrons. The van der Waals surface area contributed by atoms with Gasteiger partial charge >= 0.3 is 0 Å². The van der Waals surface area contributed by atoms with Gasteiger partial charge < -0.3 is 19.7 Å². The van der Waals surface area contributed by atoms with Gasteiger partial charge in [0.2, 0.25) is 11.8 Å². The lowest BCUT2D eigenvalue weighted by atomic mass is 10.1. The molecule has 0 aliphatic rings. The molecule has 2 amide bonds. The van der Waals surface area contributed by atoms with Gasteiger partial charge in [-0.15, -0.1) is 0 Å². The van der Waals surface area contributed by atoms with Gasteiger partial charge in [-0.2, -0.15) is 0 Å². The summed E-state index contributed by atoms with van der Waals surface area (Å²) in [6.07, 6.45) is 2.60. The molecule has 0 saturated carbocycles. The largest absolute Gasteiger partial charge is 0.493 e. The number of carbonyl (C=O) groups excluding carboxylic acids is 2. The summed E-state index contributed by atoms with van der Waals surface area (Å²) in [5.74, 6) is 1.16. The van der Waals surface area contributed by atoms with Gasteiger partial charge in [-0.25, -0.2) is 0 Å². The lowest BCUT2D eigenvalue weighted by Gasteiger charge is -2.21. The molecule has 2 aromatic rings. The van der Waals surface area contributed by atoms with Gasteiger partial charge in [0, 0.05) is 32.6 Å². The maximum Gasteiger partial charge on any atom is 0.222 e. The fraction of sp³-hybridized carbons (Fsp3) is 0.381. The molecule has 0 bridgehead atoms. The first-order valence-electron chi connectivity index (χ1n) is 9.16. The van der Waals surface area contributed by atoms with Crippen LogP contribution in [0.15, 0.2) is 42.6 Å². The van der Waals surface area contributed by atoms with Crippen molar-refractivity contribution in [3.8, 4) is 11.5 Å². The number of ether oxygens (including phenoxy) is 2. The smallest absolute Gasteiger partial charge is 0.222 e. The highest BCUT2D eigenvalue weighted by atomic mass is 16.5. The Kier molecular flexibility index (Phi) is 8.27. The van der Waals surface area contributed by atoms with Crippen LogP contribution in [0.2, 0.25) is 0 Å². The second kappa shape index (κ2) is 10.9. The van der Waals surface area contributed by atoms with Gasteiger partial charge in [-0.3, -0.25) is 14.6 Å². The number of hydrogen-bond acceptors (Lipinski definition) is 5. The molecule has 0 saturated heterocycles. The molecule has 28 heavy (non-hydrogen) atoms. The molecule has 7 heteroatoms. The van der Waals surface area contributed by atoms with E-state index in [-0.39, 0.29) is 18.2 Å². The third-order valence-corrected chi connectivity index (χ3v) is 4.37. The Balaban J connectivity index is 1.82. The van der Waals surface area contributed by atoms with Crippen LogP contribution in [0.1, 0.15) is 24.6 Å². The zero-order chi connectivity index (χ0) is 20.4. The predicted octanol–water partition coefficient (Wildman–Crippen LogP) is 2.20. The van der Waals surface area contributed by atoms with Crippen molar-refractivity contribution in [1.29, 1.82) is 0 Å². The molecule has 7 nitrogen and oxygen atoms in total. The highest BCUT2D eigenvalue weighted by Gasteiger charge is 2.12. The Hall–Kier alpha value is -3.09. The van der Waals surface area contributed by atoms with Crippen molar-refractivity contribution >= 4 is 11.8 Å². The molecule has 0 atom stereocenters. The minimum absolute atomic E-state index is 0.0574. The van der Waals surface area contributed by atoms with Crippen LogP contribution in [0.3, 0.4) is 0 Å².